The summed E-state index contributed by atoms with van der Waals surface area (Å²) in [5.74, 6) is 1.83. The monoisotopic (exact) mass is 388 g/mol. The zero-order chi connectivity index (χ0) is 18.5. The lowest BCUT2D eigenvalue weighted by molar-refractivity contribution is -0.127. The van der Waals surface area contributed by atoms with Crippen molar-refractivity contribution >= 4 is 29.0 Å². The summed E-state index contributed by atoms with van der Waals surface area (Å²) in [5, 5.41) is 13.3. The van der Waals surface area contributed by atoms with Crippen LogP contribution in [0.25, 0.3) is 11.4 Å². The van der Waals surface area contributed by atoms with Crippen molar-refractivity contribution in [3.05, 3.63) is 46.7 Å². The number of carbonyl (C=O) groups excluding carboxylic acids is 1. The van der Waals surface area contributed by atoms with Crippen LogP contribution in [0.15, 0.2) is 46.2 Å². The molecular formula is C18H20N4O2S2. The van der Waals surface area contributed by atoms with Gasteiger partial charge < -0.3 is 14.2 Å². The minimum atomic E-state index is 0.0584. The van der Waals surface area contributed by atoms with Crippen molar-refractivity contribution in [2.45, 2.75) is 11.7 Å². The number of hydrogen-bond acceptors (Lipinski definition) is 6. The Labute approximate surface area is 160 Å². The number of amides is 1. The van der Waals surface area contributed by atoms with Crippen molar-refractivity contribution in [1.82, 2.24) is 19.7 Å². The number of aromatic nitrogens is 3. The van der Waals surface area contributed by atoms with E-state index in [9.17, 15) is 4.79 Å². The molecule has 0 N–H and O–H groups in total. The van der Waals surface area contributed by atoms with Crippen LogP contribution < -0.4 is 4.74 Å². The van der Waals surface area contributed by atoms with Crippen LogP contribution in [0.1, 0.15) is 5.56 Å². The summed E-state index contributed by atoms with van der Waals surface area (Å²) in [5.41, 5.74) is 2.02. The van der Waals surface area contributed by atoms with Gasteiger partial charge in [0.1, 0.15) is 5.75 Å². The number of benzene rings is 1. The molecule has 26 heavy (non-hydrogen) atoms. The fraction of sp³-hybridized carbons (Fsp3) is 0.278. The molecule has 1 aromatic carbocycles. The van der Waals surface area contributed by atoms with Gasteiger partial charge in [-0.3, -0.25) is 4.79 Å². The second kappa shape index (κ2) is 8.37. The van der Waals surface area contributed by atoms with Gasteiger partial charge in [0.2, 0.25) is 5.91 Å². The van der Waals surface area contributed by atoms with Gasteiger partial charge in [-0.2, -0.15) is 11.3 Å². The molecule has 0 aliphatic rings. The lowest BCUT2D eigenvalue weighted by atomic mass is 10.2. The van der Waals surface area contributed by atoms with Gasteiger partial charge in [0.05, 0.1) is 18.4 Å². The number of carbonyl (C=O) groups is 1. The van der Waals surface area contributed by atoms with Crippen LogP contribution in [0.5, 0.6) is 5.75 Å². The Kier molecular flexibility index (Phi) is 5.95. The van der Waals surface area contributed by atoms with Gasteiger partial charge in [0.15, 0.2) is 11.0 Å². The van der Waals surface area contributed by atoms with E-state index in [2.05, 4.69) is 15.6 Å². The third-order valence-corrected chi connectivity index (χ3v) is 5.67. The first-order valence-corrected chi connectivity index (χ1v) is 9.93. The molecule has 2 heterocycles. The first kappa shape index (κ1) is 18.5. The molecule has 0 aliphatic carbocycles. The van der Waals surface area contributed by atoms with Gasteiger partial charge in [0.25, 0.3) is 0 Å². The Morgan fingerprint density at radius 2 is 2.12 bits per heavy atom. The minimum Gasteiger partial charge on any atom is -0.496 e. The highest BCUT2D eigenvalue weighted by atomic mass is 32.2. The summed E-state index contributed by atoms with van der Waals surface area (Å²) in [6.07, 6.45) is 0. The highest BCUT2D eigenvalue weighted by molar-refractivity contribution is 7.99. The van der Waals surface area contributed by atoms with E-state index >= 15 is 0 Å². The van der Waals surface area contributed by atoms with E-state index in [1.807, 2.05) is 54.4 Å². The number of hydrogen-bond donors (Lipinski definition) is 0. The minimum absolute atomic E-state index is 0.0584. The van der Waals surface area contributed by atoms with Crippen LogP contribution >= 0.6 is 23.1 Å². The topological polar surface area (TPSA) is 60.3 Å². The Balaban J connectivity index is 1.66. The number of rotatable bonds is 7. The number of methoxy groups -OCH3 is 1. The Hall–Kier alpha value is -2.32. The van der Waals surface area contributed by atoms with E-state index in [4.69, 9.17) is 4.74 Å². The van der Waals surface area contributed by atoms with E-state index in [0.717, 1.165) is 16.9 Å². The predicted octanol–water partition coefficient (Wildman–Crippen LogP) is 3.30. The van der Waals surface area contributed by atoms with Gasteiger partial charge in [-0.15, -0.1) is 10.2 Å². The summed E-state index contributed by atoms with van der Waals surface area (Å²) in [6.45, 7) is 0.619. The van der Waals surface area contributed by atoms with Crippen molar-refractivity contribution in [2.75, 3.05) is 19.9 Å². The fourth-order valence-corrected chi connectivity index (χ4v) is 4.00. The summed E-state index contributed by atoms with van der Waals surface area (Å²) in [7, 11) is 5.34. The predicted molar refractivity (Wildman–Crippen MR) is 105 cm³/mol. The normalized spacial score (nSPS) is 10.7. The summed E-state index contributed by atoms with van der Waals surface area (Å²) >= 11 is 3.02. The molecular weight excluding hydrogens is 368 g/mol. The summed E-state index contributed by atoms with van der Waals surface area (Å²) in [6, 6.07) is 9.71. The molecule has 0 saturated heterocycles. The number of nitrogens with zero attached hydrogens (tertiary/aromatic N) is 4. The molecule has 8 heteroatoms. The maximum atomic E-state index is 12.4. The Morgan fingerprint density at radius 3 is 2.85 bits per heavy atom. The first-order valence-electron chi connectivity index (χ1n) is 8.00. The number of thioether (sulfide) groups is 1. The van der Waals surface area contributed by atoms with Crippen LogP contribution in [0.2, 0.25) is 0 Å². The Bertz CT molecular complexity index is 877. The maximum absolute atomic E-state index is 12.4. The van der Waals surface area contributed by atoms with Crippen LogP contribution in [-0.2, 0) is 18.4 Å². The number of thiophene rings is 1. The third kappa shape index (κ3) is 4.08. The molecule has 3 aromatic rings. The number of para-hydroxylation sites is 1. The third-order valence-electron chi connectivity index (χ3n) is 3.93. The second-order valence-electron chi connectivity index (χ2n) is 5.74. The molecule has 0 fully saturated rings. The van der Waals surface area contributed by atoms with Crippen LogP contribution in [0.4, 0.5) is 0 Å². The lowest BCUT2D eigenvalue weighted by Crippen LogP contribution is -2.27. The molecule has 6 nitrogen and oxygen atoms in total. The SMILES string of the molecule is COc1ccccc1-c1nnc(SCC(=O)N(C)Cc2ccsc2)n1C. The molecule has 0 atom stereocenters. The molecule has 0 saturated carbocycles. The smallest absolute Gasteiger partial charge is 0.233 e. The van der Waals surface area contributed by atoms with Gasteiger partial charge >= 0.3 is 0 Å². The van der Waals surface area contributed by atoms with Crippen LogP contribution in [0, 0.1) is 0 Å². The molecule has 0 unspecified atom stereocenters. The van der Waals surface area contributed by atoms with Crippen molar-refractivity contribution in [3.8, 4) is 17.1 Å². The van der Waals surface area contributed by atoms with Crippen molar-refractivity contribution < 1.29 is 9.53 Å². The van der Waals surface area contributed by atoms with Crippen LogP contribution in [-0.4, -0.2) is 45.5 Å². The lowest BCUT2D eigenvalue weighted by Gasteiger charge is -2.16. The standard InChI is InChI=1S/C18H20N4O2S2/c1-21(10-13-8-9-25-11-13)16(23)12-26-18-20-19-17(22(18)2)14-6-4-5-7-15(14)24-3/h4-9,11H,10,12H2,1-3H3. The molecule has 0 aliphatic heterocycles. The number of ether oxygens (including phenoxy) is 1. The zero-order valence-electron chi connectivity index (χ0n) is 14.9. The molecule has 136 valence electrons. The van der Waals surface area contributed by atoms with Crippen molar-refractivity contribution in [3.63, 3.8) is 0 Å². The van der Waals surface area contributed by atoms with E-state index in [1.54, 1.807) is 23.3 Å². The van der Waals surface area contributed by atoms with Gasteiger partial charge in [-0.05, 0) is 34.5 Å². The molecule has 0 bridgehead atoms. The maximum Gasteiger partial charge on any atom is 0.233 e. The van der Waals surface area contributed by atoms with E-state index < -0.39 is 0 Å². The quantitative estimate of drug-likeness (QED) is 0.581. The van der Waals surface area contributed by atoms with Gasteiger partial charge in [0, 0.05) is 20.6 Å². The van der Waals surface area contributed by atoms with Crippen molar-refractivity contribution in [1.29, 1.82) is 0 Å². The average Bonchev–Trinajstić information content (AvgIpc) is 3.29. The summed E-state index contributed by atoms with van der Waals surface area (Å²) in [4.78, 5) is 14.1. The summed E-state index contributed by atoms with van der Waals surface area (Å²) < 4.78 is 7.28. The van der Waals surface area contributed by atoms with Gasteiger partial charge in [-0.25, -0.2) is 0 Å². The largest absolute Gasteiger partial charge is 0.496 e. The average molecular weight is 389 g/mol. The highest BCUT2D eigenvalue weighted by Crippen LogP contribution is 2.30. The fourth-order valence-electron chi connectivity index (χ4n) is 2.49. The van der Waals surface area contributed by atoms with Crippen molar-refractivity contribution in [2.24, 2.45) is 7.05 Å². The first-order chi connectivity index (χ1) is 12.6. The molecule has 0 radical (unpaired) electrons. The molecule has 3 rings (SSSR count). The molecule has 1 amide bonds. The second-order valence-corrected chi connectivity index (χ2v) is 7.46. The highest BCUT2D eigenvalue weighted by Gasteiger charge is 2.17. The molecule has 0 spiro atoms. The van der Waals surface area contributed by atoms with E-state index in [0.29, 0.717) is 23.3 Å². The van der Waals surface area contributed by atoms with E-state index in [1.165, 1.54) is 11.8 Å². The van der Waals surface area contributed by atoms with Crippen LogP contribution in [0.3, 0.4) is 0 Å². The Morgan fingerprint density at radius 1 is 1.31 bits per heavy atom. The van der Waals surface area contributed by atoms with E-state index in [-0.39, 0.29) is 5.91 Å². The molecule has 2 aromatic heterocycles. The zero-order valence-corrected chi connectivity index (χ0v) is 16.5. The van der Waals surface area contributed by atoms with Gasteiger partial charge in [-0.1, -0.05) is 23.9 Å².